The molecular formula is C18H16Cl2FNO. The molecule has 1 aliphatic rings. The summed E-state index contributed by atoms with van der Waals surface area (Å²) in [6.45, 7) is 0.505. The Labute approximate surface area is 144 Å². The van der Waals surface area contributed by atoms with Crippen LogP contribution in [0.15, 0.2) is 42.5 Å². The van der Waals surface area contributed by atoms with Crippen LogP contribution in [0.2, 0.25) is 10.0 Å². The molecule has 0 atom stereocenters. The predicted octanol–water partition coefficient (Wildman–Crippen LogP) is 4.87. The zero-order chi connectivity index (χ0) is 16.4. The van der Waals surface area contributed by atoms with Crippen molar-refractivity contribution in [2.24, 2.45) is 0 Å². The van der Waals surface area contributed by atoms with E-state index in [0.717, 1.165) is 24.0 Å². The Bertz CT molecular complexity index is 713. The van der Waals surface area contributed by atoms with Crippen LogP contribution in [0.25, 0.3) is 0 Å². The minimum atomic E-state index is -0.270. The first-order chi connectivity index (χ1) is 11.0. The van der Waals surface area contributed by atoms with E-state index in [9.17, 15) is 9.18 Å². The lowest BCUT2D eigenvalue weighted by Crippen LogP contribution is -2.33. The zero-order valence-corrected chi connectivity index (χ0v) is 13.9. The van der Waals surface area contributed by atoms with Crippen molar-refractivity contribution >= 4 is 29.1 Å². The molecule has 1 amide bonds. The second-order valence-corrected chi connectivity index (χ2v) is 6.62. The van der Waals surface area contributed by atoms with Crippen molar-refractivity contribution in [2.45, 2.75) is 31.8 Å². The highest BCUT2D eigenvalue weighted by Gasteiger charge is 2.32. The smallest absolute Gasteiger partial charge is 0.227 e. The number of carbonyl (C=O) groups is 1. The van der Waals surface area contributed by atoms with Gasteiger partial charge in [0, 0.05) is 12.6 Å². The van der Waals surface area contributed by atoms with Gasteiger partial charge in [-0.2, -0.15) is 0 Å². The number of benzene rings is 2. The molecule has 0 bridgehead atoms. The van der Waals surface area contributed by atoms with Gasteiger partial charge in [-0.3, -0.25) is 4.79 Å². The highest BCUT2D eigenvalue weighted by molar-refractivity contribution is 6.42. The third-order valence-corrected chi connectivity index (χ3v) is 4.65. The van der Waals surface area contributed by atoms with Gasteiger partial charge in [0.05, 0.1) is 16.5 Å². The van der Waals surface area contributed by atoms with E-state index in [2.05, 4.69) is 0 Å². The van der Waals surface area contributed by atoms with Crippen molar-refractivity contribution in [3.8, 4) is 0 Å². The molecule has 1 fully saturated rings. The van der Waals surface area contributed by atoms with Gasteiger partial charge in [-0.25, -0.2) is 4.39 Å². The molecule has 0 radical (unpaired) electrons. The average molecular weight is 352 g/mol. The molecule has 0 saturated heterocycles. The van der Waals surface area contributed by atoms with E-state index >= 15 is 0 Å². The van der Waals surface area contributed by atoms with Crippen LogP contribution >= 0.6 is 23.2 Å². The summed E-state index contributed by atoms with van der Waals surface area (Å²) in [6.07, 6.45) is 2.33. The minimum Gasteiger partial charge on any atom is -0.335 e. The largest absolute Gasteiger partial charge is 0.335 e. The van der Waals surface area contributed by atoms with E-state index in [1.807, 2.05) is 11.0 Å². The zero-order valence-electron chi connectivity index (χ0n) is 12.4. The van der Waals surface area contributed by atoms with E-state index in [1.54, 1.807) is 24.3 Å². The Morgan fingerprint density at radius 3 is 2.30 bits per heavy atom. The quantitative estimate of drug-likeness (QED) is 0.752. The van der Waals surface area contributed by atoms with Gasteiger partial charge in [-0.1, -0.05) is 41.4 Å². The maximum Gasteiger partial charge on any atom is 0.227 e. The lowest BCUT2D eigenvalue weighted by atomic mass is 10.1. The molecule has 1 aliphatic carbocycles. The summed E-state index contributed by atoms with van der Waals surface area (Å²) in [5, 5.41) is 0.932. The highest BCUT2D eigenvalue weighted by atomic mass is 35.5. The standard InChI is InChI=1S/C18H16Cl2FNO/c19-16-8-3-13(9-17(16)20)10-18(23)22(15-6-7-15)11-12-1-4-14(21)5-2-12/h1-5,8-9,15H,6-7,10-11H2. The summed E-state index contributed by atoms with van der Waals surface area (Å²) in [5.41, 5.74) is 1.77. The number of hydrogen-bond donors (Lipinski definition) is 0. The van der Waals surface area contributed by atoms with Gasteiger partial charge in [-0.05, 0) is 48.2 Å². The van der Waals surface area contributed by atoms with Crippen LogP contribution < -0.4 is 0 Å². The summed E-state index contributed by atoms with van der Waals surface area (Å²) >= 11 is 11.9. The predicted molar refractivity (Wildman–Crippen MR) is 90.1 cm³/mol. The first-order valence-corrected chi connectivity index (χ1v) is 8.26. The fourth-order valence-electron chi connectivity index (χ4n) is 2.52. The van der Waals surface area contributed by atoms with E-state index in [1.165, 1.54) is 12.1 Å². The SMILES string of the molecule is O=C(Cc1ccc(Cl)c(Cl)c1)N(Cc1ccc(F)cc1)C1CC1. The van der Waals surface area contributed by atoms with Crippen LogP contribution in [0, 0.1) is 5.82 Å². The van der Waals surface area contributed by atoms with Crippen LogP contribution in [0.3, 0.4) is 0 Å². The molecule has 120 valence electrons. The average Bonchev–Trinajstić information content (AvgIpc) is 3.35. The topological polar surface area (TPSA) is 20.3 Å². The first kappa shape index (κ1) is 16.3. The van der Waals surface area contributed by atoms with Gasteiger partial charge in [0.2, 0.25) is 5.91 Å². The van der Waals surface area contributed by atoms with Crippen molar-refractivity contribution in [2.75, 3.05) is 0 Å². The number of nitrogens with zero attached hydrogens (tertiary/aromatic N) is 1. The normalized spacial score (nSPS) is 13.9. The number of halogens is 3. The Hall–Kier alpha value is -1.58. The second-order valence-electron chi connectivity index (χ2n) is 5.80. The number of hydrogen-bond acceptors (Lipinski definition) is 1. The van der Waals surface area contributed by atoms with Gasteiger partial charge in [0.15, 0.2) is 0 Å². The molecule has 3 rings (SSSR count). The third kappa shape index (κ3) is 4.24. The number of rotatable bonds is 5. The van der Waals surface area contributed by atoms with E-state index in [-0.39, 0.29) is 24.2 Å². The second kappa shape index (κ2) is 6.90. The Kier molecular flexibility index (Phi) is 4.88. The molecule has 2 nitrogen and oxygen atoms in total. The van der Waals surface area contributed by atoms with Gasteiger partial charge < -0.3 is 4.90 Å². The fraction of sp³-hybridized carbons (Fsp3) is 0.278. The molecule has 0 spiro atoms. The molecular weight excluding hydrogens is 336 g/mol. The van der Waals surface area contributed by atoms with Gasteiger partial charge in [0.1, 0.15) is 5.82 Å². The van der Waals surface area contributed by atoms with Crippen LogP contribution in [-0.2, 0) is 17.8 Å². The third-order valence-electron chi connectivity index (χ3n) is 3.91. The molecule has 1 saturated carbocycles. The summed E-state index contributed by atoms with van der Waals surface area (Å²) < 4.78 is 13.0. The lowest BCUT2D eigenvalue weighted by molar-refractivity contribution is -0.131. The molecule has 0 N–H and O–H groups in total. The van der Waals surface area contributed by atoms with E-state index in [0.29, 0.717) is 16.6 Å². The summed E-state index contributed by atoms with van der Waals surface area (Å²) in [5.74, 6) is -0.218. The fourth-order valence-corrected chi connectivity index (χ4v) is 2.84. The number of carbonyl (C=O) groups excluding carboxylic acids is 1. The van der Waals surface area contributed by atoms with Crippen molar-refractivity contribution < 1.29 is 9.18 Å². The van der Waals surface area contributed by atoms with Crippen LogP contribution in [0.1, 0.15) is 24.0 Å². The molecule has 0 aliphatic heterocycles. The Balaban J connectivity index is 1.71. The minimum absolute atomic E-state index is 0.0511. The van der Waals surface area contributed by atoms with Crippen LogP contribution in [0.5, 0.6) is 0 Å². The highest BCUT2D eigenvalue weighted by Crippen LogP contribution is 2.30. The molecule has 0 aromatic heterocycles. The molecule has 2 aromatic carbocycles. The van der Waals surface area contributed by atoms with Gasteiger partial charge in [0.25, 0.3) is 0 Å². The monoisotopic (exact) mass is 351 g/mol. The maximum absolute atomic E-state index is 13.0. The molecule has 2 aromatic rings. The summed E-state index contributed by atoms with van der Waals surface area (Å²) in [6, 6.07) is 11.8. The number of amides is 1. The first-order valence-electron chi connectivity index (χ1n) is 7.51. The van der Waals surface area contributed by atoms with Gasteiger partial charge >= 0.3 is 0 Å². The molecule has 5 heteroatoms. The van der Waals surface area contributed by atoms with Crippen molar-refractivity contribution in [3.05, 3.63) is 69.5 Å². The molecule has 0 unspecified atom stereocenters. The maximum atomic E-state index is 13.0. The van der Waals surface area contributed by atoms with Crippen molar-refractivity contribution in [1.82, 2.24) is 4.90 Å². The molecule has 23 heavy (non-hydrogen) atoms. The summed E-state index contributed by atoms with van der Waals surface area (Å²) in [7, 11) is 0. The van der Waals surface area contributed by atoms with E-state index in [4.69, 9.17) is 23.2 Å². The lowest BCUT2D eigenvalue weighted by Gasteiger charge is -2.23. The summed E-state index contributed by atoms with van der Waals surface area (Å²) in [4.78, 5) is 14.5. The van der Waals surface area contributed by atoms with Crippen LogP contribution in [-0.4, -0.2) is 16.8 Å². The van der Waals surface area contributed by atoms with Gasteiger partial charge in [-0.15, -0.1) is 0 Å². The Morgan fingerprint density at radius 2 is 1.70 bits per heavy atom. The molecule has 0 heterocycles. The van der Waals surface area contributed by atoms with E-state index < -0.39 is 0 Å². The Morgan fingerprint density at radius 1 is 1.04 bits per heavy atom. The van der Waals surface area contributed by atoms with Crippen molar-refractivity contribution in [1.29, 1.82) is 0 Å². The van der Waals surface area contributed by atoms with Crippen LogP contribution in [0.4, 0.5) is 4.39 Å². The van der Waals surface area contributed by atoms with Crippen molar-refractivity contribution in [3.63, 3.8) is 0 Å².